The first kappa shape index (κ1) is 24.1. The van der Waals surface area contributed by atoms with Gasteiger partial charge in [0.2, 0.25) is 5.91 Å². The van der Waals surface area contributed by atoms with E-state index in [0.717, 1.165) is 50.0 Å². The number of carbonyl (C=O) groups is 1. The van der Waals surface area contributed by atoms with Crippen LogP contribution in [0, 0.1) is 0 Å². The molecule has 3 heterocycles. The highest BCUT2D eigenvalue weighted by Gasteiger charge is 2.33. The smallest absolute Gasteiger partial charge is 0.227 e. The van der Waals surface area contributed by atoms with Crippen molar-refractivity contribution in [3.63, 3.8) is 0 Å². The van der Waals surface area contributed by atoms with Crippen LogP contribution in [0.5, 0.6) is 5.75 Å². The Morgan fingerprint density at radius 1 is 0.794 bits per heavy atom. The molecule has 4 aliphatic rings. The van der Waals surface area contributed by atoms with Gasteiger partial charge in [0, 0.05) is 57.4 Å². The third-order valence-electron chi connectivity index (χ3n) is 8.49. The predicted octanol–water partition coefficient (Wildman–Crippen LogP) is 4.00. The standard InChI is InChI=1S/C28H44N4O2/c33-28-14-11-26(23-30-15-4-1-5-16-30)32(28)25-9-12-27(13-10-25)34-22-6-17-29-18-20-31(21-19-29)24-7-2-3-8-24/h9-10,12-13,24,26H,1-8,11,14-23H2. The molecule has 0 radical (unpaired) electrons. The number of piperidine rings is 1. The van der Waals surface area contributed by atoms with Crippen molar-refractivity contribution in [3.8, 4) is 5.75 Å². The third kappa shape index (κ3) is 6.13. The van der Waals surface area contributed by atoms with Crippen molar-refractivity contribution in [2.75, 3.05) is 63.9 Å². The Hall–Kier alpha value is -1.63. The maximum atomic E-state index is 12.6. The zero-order chi connectivity index (χ0) is 23.2. The van der Waals surface area contributed by atoms with Gasteiger partial charge in [-0.3, -0.25) is 9.69 Å². The van der Waals surface area contributed by atoms with Crippen molar-refractivity contribution < 1.29 is 9.53 Å². The number of ether oxygens (including phenoxy) is 1. The summed E-state index contributed by atoms with van der Waals surface area (Å²) in [5, 5.41) is 0. The van der Waals surface area contributed by atoms with Gasteiger partial charge in [-0.25, -0.2) is 0 Å². The lowest BCUT2D eigenvalue weighted by atomic mass is 10.1. The lowest BCUT2D eigenvalue weighted by Gasteiger charge is -2.38. The van der Waals surface area contributed by atoms with E-state index in [1.807, 2.05) is 17.0 Å². The van der Waals surface area contributed by atoms with E-state index in [9.17, 15) is 4.79 Å². The van der Waals surface area contributed by atoms with Gasteiger partial charge in [-0.15, -0.1) is 0 Å². The average Bonchev–Trinajstić information content (AvgIpc) is 3.54. The summed E-state index contributed by atoms with van der Waals surface area (Å²) in [4.78, 5) is 22.6. The zero-order valence-electron chi connectivity index (χ0n) is 21.0. The Labute approximate surface area is 206 Å². The van der Waals surface area contributed by atoms with E-state index in [4.69, 9.17) is 4.74 Å². The summed E-state index contributed by atoms with van der Waals surface area (Å²) in [5.41, 5.74) is 1.02. The Kier molecular flexibility index (Phi) is 8.41. The molecule has 0 N–H and O–H groups in total. The van der Waals surface area contributed by atoms with Gasteiger partial charge in [0.25, 0.3) is 0 Å². The van der Waals surface area contributed by atoms with Crippen LogP contribution in [0.2, 0.25) is 0 Å². The van der Waals surface area contributed by atoms with Gasteiger partial charge in [0.05, 0.1) is 12.6 Å². The fourth-order valence-corrected chi connectivity index (χ4v) is 6.51. The second kappa shape index (κ2) is 11.9. The van der Waals surface area contributed by atoms with Crippen LogP contribution in [0.3, 0.4) is 0 Å². The highest BCUT2D eigenvalue weighted by Crippen LogP contribution is 2.29. The normalized spacial score (nSPS) is 25.9. The summed E-state index contributed by atoms with van der Waals surface area (Å²) in [6.07, 6.45) is 12.3. The number of carbonyl (C=O) groups excluding carboxylic acids is 1. The van der Waals surface area contributed by atoms with E-state index in [1.165, 1.54) is 84.2 Å². The summed E-state index contributed by atoms with van der Waals surface area (Å²) in [5.74, 6) is 1.18. The van der Waals surface area contributed by atoms with Crippen molar-refractivity contribution in [1.29, 1.82) is 0 Å². The molecule has 6 nitrogen and oxygen atoms in total. The molecule has 0 spiro atoms. The third-order valence-corrected chi connectivity index (χ3v) is 8.49. The van der Waals surface area contributed by atoms with Crippen LogP contribution in [-0.4, -0.2) is 91.7 Å². The number of benzene rings is 1. The maximum Gasteiger partial charge on any atom is 0.227 e. The largest absolute Gasteiger partial charge is 0.494 e. The maximum absolute atomic E-state index is 12.6. The topological polar surface area (TPSA) is 39.3 Å². The van der Waals surface area contributed by atoms with Crippen molar-refractivity contribution in [2.45, 2.75) is 76.3 Å². The Morgan fingerprint density at radius 2 is 1.53 bits per heavy atom. The van der Waals surface area contributed by atoms with Gasteiger partial charge >= 0.3 is 0 Å². The van der Waals surface area contributed by atoms with Gasteiger partial charge in [-0.2, -0.15) is 0 Å². The summed E-state index contributed by atoms with van der Waals surface area (Å²) >= 11 is 0. The molecule has 1 aromatic carbocycles. The van der Waals surface area contributed by atoms with Gasteiger partial charge in [0.15, 0.2) is 0 Å². The number of hydrogen-bond donors (Lipinski definition) is 0. The van der Waals surface area contributed by atoms with Crippen LogP contribution >= 0.6 is 0 Å². The number of hydrogen-bond acceptors (Lipinski definition) is 5. The number of nitrogens with zero attached hydrogens (tertiary/aromatic N) is 4. The molecule has 4 fully saturated rings. The van der Waals surface area contributed by atoms with Gasteiger partial charge in [-0.05, 0) is 75.9 Å². The Morgan fingerprint density at radius 3 is 2.26 bits per heavy atom. The molecule has 6 heteroatoms. The van der Waals surface area contributed by atoms with Crippen LogP contribution in [0.25, 0.3) is 0 Å². The quantitative estimate of drug-likeness (QED) is 0.513. The fourth-order valence-electron chi connectivity index (χ4n) is 6.51. The molecule has 188 valence electrons. The molecule has 1 aromatic rings. The highest BCUT2D eigenvalue weighted by atomic mass is 16.5. The van der Waals surface area contributed by atoms with Gasteiger partial charge in [-0.1, -0.05) is 19.3 Å². The number of likely N-dealkylation sites (tertiary alicyclic amines) is 1. The average molecular weight is 469 g/mol. The molecule has 1 unspecified atom stereocenters. The molecular weight excluding hydrogens is 424 g/mol. The molecule has 34 heavy (non-hydrogen) atoms. The first-order valence-electron chi connectivity index (χ1n) is 14.0. The summed E-state index contributed by atoms with van der Waals surface area (Å²) in [6, 6.07) is 9.41. The first-order chi connectivity index (χ1) is 16.8. The van der Waals surface area contributed by atoms with Crippen molar-refractivity contribution in [1.82, 2.24) is 14.7 Å². The molecule has 3 aliphatic heterocycles. The van der Waals surface area contributed by atoms with E-state index in [2.05, 4.69) is 26.8 Å². The summed E-state index contributed by atoms with van der Waals surface area (Å²) in [7, 11) is 0. The minimum Gasteiger partial charge on any atom is -0.494 e. The second-order valence-corrected chi connectivity index (χ2v) is 10.8. The molecule has 5 rings (SSSR count). The van der Waals surface area contributed by atoms with E-state index < -0.39 is 0 Å². The van der Waals surface area contributed by atoms with E-state index in [0.29, 0.717) is 12.5 Å². The molecule has 3 saturated heterocycles. The summed E-state index contributed by atoms with van der Waals surface area (Å²) < 4.78 is 6.04. The monoisotopic (exact) mass is 468 g/mol. The van der Waals surface area contributed by atoms with Crippen LogP contribution in [-0.2, 0) is 4.79 Å². The molecule has 1 saturated carbocycles. The van der Waals surface area contributed by atoms with Gasteiger partial charge < -0.3 is 19.4 Å². The lowest BCUT2D eigenvalue weighted by Crippen LogP contribution is -2.49. The number of piperazine rings is 1. The molecule has 1 aliphatic carbocycles. The minimum atomic E-state index is 0.267. The highest BCUT2D eigenvalue weighted by molar-refractivity contribution is 5.96. The van der Waals surface area contributed by atoms with Crippen molar-refractivity contribution in [2.24, 2.45) is 0 Å². The first-order valence-corrected chi connectivity index (χ1v) is 14.0. The number of rotatable bonds is 9. The molecular formula is C28H44N4O2. The number of anilines is 1. The second-order valence-electron chi connectivity index (χ2n) is 10.8. The van der Waals surface area contributed by atoms with Crippen LogP contribution < -0.4 is 9.64 Å². The summed E-state index contributed by atoms with van der Waals surface area (Å²) in [6.45, 7) is 10.1. The lowest BCUT2D eigenvalue weighted by molar-refractivity contribution is -0.117. The fraction of sp³-hybridized carbons (Fsp3) is 0.750. The number of amides is 1. The predicted molar refractivity (Wildman–Crippen MR) is 138 cm³/mol. The van der Waals surface area contributed by atoms with Crippen LogP contribution in [0.1, 0.15) is 64.2 Å². The van der Waals surface area contributed by atoms with E-state index >= 15 is 0 Å². The van der Waals surface area contributed by atoms with Crippen molar-refractivity contribution >= 4 is 11.6 Å². The SMILES string of the molecule is O=C1CCC(CN2CCCCC2)N1c1ccc(OCCCN2CCN(C3CCCC3)CC2)cc1. The van der Waals surface area contributed by atoms with Crippen molar-refractivity contribution in [3.05, 3.63) is 24.3 Å². The Bertz CT molecular complexity index is 765. The molecule has 1 amide bonds. The molecule has 0 bridgehead atoms. The van der Waals surface area contributed by atoms with E-state index in [1.54, 1.807) is 0 Å². The van der Waals surface area contributed by atoms with Crippen LogP contribution in [0.4, 0.5) is 5.69 Å². The Balaban J connectivity index is 1.03. The van der Waals surface area contributed by atoms with Crippen LogP contribution in [0.15, 0.2) is 24.3 Å². The zero-order valence-corrected chi connectivity index (χ0v) is 21.0. The minimum absolute atomic E-state index is 0.267. The molecule has 1 atom stereocenters. The van der Waals surface area contributed by atoms with E-state index in [-0.39, 0.29) is 5.91 Å². The van der Waals surface area contributed by atoms with Gasteiger partial charge in [0.1, 0.15) is 5.75 Å². The molecule has 0 aromatic heterocycles.